The number of hydrogen-bond acceptors (Lipinski definition) is 5. The lowest BCUT2D eigenvalue weighted by atomic mass is 10.1. The van der Waals surface area contributed by atoms with Crippen LogP contribution in [0.5, 0.6) is 0 Å². The number of nitrogens with zero attached hydrogens (tertiary/aromatic N) is 3. The molecule has 0 aliphatic carbocycles. The smallest absolute Gasteiger partial charge is 0.276 e. The van der Waals surface area contributed by atoms with Gasteiger partial charge in [0.05, 0.1) is 16.3 Å². The van der Waals surface area contributed by atoms with Crippen LogP contribution in [0.15, 0.2) is 47.8 Å². The molecule has 26 heavy (non-hydrogen) atoms. The topological polar surface area (TPSA) is 64.2 Å². The van der Waals surface area contributed by atoms with E-state index in [1.807, 2.05) is 63.2 Å². The monoisotopic (exact) mass is 366 g/mol. The highest BCUT2D eigenvalue weighted by molar-refractivity contribution is 7.22. The lowest BCUT2D eigenvalue weighted by Gasteiger charge is -2.17. The Hall–Kier alpha value is -2.86. The maximum Gasteiger partial charge on any atom is 0.276 e. The maximum atomic E-state index is 13.2. The van der Waals surface area contributed by atoms with Crippen molar-refractivity contribution in [2.75, 3.05) is 19.8 Å². The molecule has 0 saturated carbocycles. The molecule has 0 atom stereocenters. The highest BCUT2D eigenvalue weighted by Crippen LogP contribution is 2.36. The largest absolute Gasteiger partial charge is 0.390 e. The Balaban J connectivity index is 2.34. The van der Waals surface area contributed by atoms with Crippen LogP contribution >= 0.6 is 11.3 Å². The second kappa shape index (κ2) is 6.80. The molecule has 0 saturated heterocycles. The summed E-state index contributed by atoms with van der Waals surface area (Å²) in [5, 5.41) is 0.576. The number of benzene rings is 1. The quantitative estimate of drug-likeness (QED) is 0.715. The fourth-order valence-corrected chi connectivity index (χ4v) is 3.91. The Kier molecular flexibility index (Phi) is 4.70. The van der Waals surface area contributed by atoms with Crippen LogP contribution in [-0.2, 0) is 0 Å². The molecule has 2 N–H and O–H groups in total. The lowest BCUT2D eigenvalue weighted by molar-refractivity contribution is 0.593. The van der Waals surface area contributed by atoms with Crippen LogP contribution in [0.2, 0.25) is 0 Å². The molecule has 2 aromatic heterocycles. The van der Waals surface area contributed by atoms with Gasteiger partial charge in [0.15, 0.2) is 0 Å². The first kappa shape index (κ1) is 17.9. The van der Waals surface area contributed by atoms with Crippen molar-refractivity contribution in [1.29, 1.82) is 0 Å². The molecule has 0 aliphatic rings. The van der Waals surface area contributed by atoms with Crippen LogP contribution in [-0.4, -0.2) is 28.5 Å². The zero-order valence-corrected chi connectivity index (χ0v) is 16.2. The van der Waals surface area contributed by atoms with Gasteiger partial charge in [0.25, 0.3) is 5.56 Å². The number of rotatable bonds is 4. The van der Waals surface area contributed by atoms with Crippen molar-refractivity contribution in [3.8, 4) is 5.69 Å². The molecule has 0 unspecified atom stereocenters. The van der Waals surface area contributed by atoms with Crippen molar-refractivity contribution in [3.63, 3.8) is 0 Å². The van der Waals surface area contributed by atoms with E-state index in [4.69, 9.17) is 10.7 Å². The summed E-state index contributed by atoms with van der Waals surface area (Å²) >= 11 is 1.28. The van der Waals surface area contributed by atoms with Gasteiger partial charge < -0.3 is 10.6 Å². The lowest BCUT2D eigenvalue weighted by Crippen LogP contribution is -2.21. The maximum absolute atomic E-state index is 13.2. The van der Waals surface area contributed by atoms with Crippen molar-refractivity contribution in [2.24, 2.45) is 0 Å². The van der Waals surface area contributed by atoms with E-state index in [1.54, 1.807) is 10.6 Å². The first-order valence-corrected chi connectivity index (χ1v) is 9.06. The summed E-state index contributed by atoms with van der Waals surface area (Å²) in [7, 11) is 3.86. The van der Waals surface area contributed by atoms with Crippen molar-refractivity contribution < 1.29 is 0 Å². The molecular weight excluding hydrogens is 344 g/mol. The van der Waals surface area contributed by atoms with Crippen LogP contribution in [0.1, 0.15) is 17.0 Å². The third-order valence-corrected chi connectivity index (χ3v) is 5.21. The number of fused-ring (bicyclic) bond motifs is 1. The molecule has 1 aromatic carbocycles. The minimum absolute atomic E-state index is 0.101. The molecular formula is C20H22N4OS. The van der Waals surface area contributed by atoms with Gasteiger partial charge in [-0.3, -0.25) is 9.36 Å². The standard InChI is InChI=1S/C20H22N4OS/c1-6-7-15(23(4)5)16-17-18(26-19(16)21)20(25)24(13(3)22-17)14-10-8-12(2)9-11-14/h6-11H,1,21H2,2-5H3/b15-7+. The number of nitrogen functional groups attached to an aromatic ring is 1. The Morgan fingerprint density at radius 3 is 2.50 bits per heavy atom. The average molecular weight is 366 g/mol. The van der Waals surface area contributed by atoms with Gasteiger partial charge in [-0.05, 0) is 32.1 Å². The van der Waals surface area contributed by atoms with E-state index in [0.717, 1.165) is 22.5 Å². The van der Waals surface area contributed by atoms with Gasteiger partial charge in [0.1, 0.15) is 16.0 Å². The number of anilines is 1. The van der Waals surface area contributed by atoms with Gasteiger partial charge in [-0.25, -0.2) is 4.98 Å². The number of hydrogen-bond donors (Lipinski definition) is 1. The second-order valence-electron chi connectivity index (χ2n) is 6.34. The zero-order valence-electron chi connectivity index (χ0n) is 15.4. The summed E-state index contributed by atoms with van der Waals surface area (Å²) in [5.74, 6) is 0.627. The molecule has 0 spiro atoms. The van der Waals surface area contributed by atoms with E-state index >= 15 is 0 Å². The predicted octanol–water partition coefficient (Wildman–Crippen LogP) is 3.73. The fraction of sp³-hybridized carbons (Fsp3) is 0.200. The average Bonchev–Trinajstić information content (AvgIpc) is 2.90. The van der Waals surface area contributed by atoms with Crippen LogP contribution in [0.3, 0.4) is 0 Å². The fourth-order valence-electron chi connectivity index (χ4n) is 2.96. The highest BCUT2D eigenvalue weighted by Gasteiger charge is 2.21. The molecule has 0 aliphatic heterocycles. The molecule has 0 bridgehead atoms. The van der Waals surface area contributed by atoms with Gasteiger partial charge in [0, 0.05) is 19.8 Å². The summed E-state index contributed by atoms with van der Waals surface area (Å²) < 4.78 is 2.19. The Labute approximate surface area is 156 Å². The Bertz CT molecular complexity index is 1070. The molecule has 3 rings (SSSR count). The molecule has 3 aromatic rings. The van der Waals surface area contributed by atoms with E-state index in [-0.39, 0.29) is 5.56 Å². The van der Waals surface area contributed by atoms with Crippen LogP contribution < -0.4 is 11.3 Å². The number of nitrogens with two attached hydrogens (primary N) is 1. The first-order chi connectivity index (χ1) is 12.3. The first-order valence-electron chi connectivity index (χ1n) is 8.24. The molecule has 5 nitrogen and oxygen atoms in total. The van der Waals surface area contributed by atoms with Crippen molar-refractivity contribution in [2.45, 2.75) is 13.8 Å². The second-order valence-corrected chi connectivity index (χ2v) is 7.39. The Morgan fingerprint density at radius 1 is 1.27 bits per heavy atom. The van der Waals surface area contributed by atoms with Crippen LogP contribution in [0.4, 0.5) is 5.00 Å². The summed E-state index contributed by atoms with van der Waals surface area (Å²) in [4.78, 5) is 19.9. The molecule has 0 amide bonds. The SMILES string of the molecule is C=C/C=C(\c1c(N)sc2c(=O)n(-c3ccc(C)cc3)c(C)nc12)N(C)C. The highest BCUT2D eigenvalue weighted by atomic mass is 32.1. The van der Waals surface area contributed by atoms with Gasteiger partial charge in [-0.2, -0.15) is 0 Å². The van der Waals surface area contributed by atoms with Gasteiger partial charge >= 0.3 is 0 Å². The Morgan fingerprint density at radius 2 is 1.92 bits per heavy atom. The van der Waals surface area contributed by atoms with E-state index < -0.39 is 0 Å². The zero-order chi connectivity index (χ0) is 19.0. The minimum atomic E-state index is -0.101. The normalized spacial score (nSPS) is 11.8. The van der Waals surface area contributed by atoms with Crippen molar-refractivity contribution in [3.05, 3.63) is 70.3 Å². The van der Waals surface area contributed by atoms with Crippen LogP contribution in [0.25, 0.3) is 21.6 Å². The summed E-state index contributed by atoms with van der Waals surface area (Å²) in [6.07, 6.45) is 3.58. The van der Waals surface area contributed by atoms with Crippen LogP contribution in [0, 0.1) is 13.8 Å². The van der Waals surface area contributed by atoms with Gasteiger partial charge in [-0.1, -0.05) is 30.4 Å². The van der Waals surface area contributed by atoms with E-state index in [9.17, 15) is 4.79 Å². The van der Waals surface area contributed by atoms with Crippen molar-refractivity contribution >= 4 is 32.3 Å². The number of aryl methyl sites for hydroxylation is 2. The number of thiophene rings is 1. The van der Waals surface area contributed by atoms with E-state index in [0.29, 0.717) is 21.0 Å². The third kappa shape index (κ3) is 2.93. The summed E-state index contributed by atoms with van der Waals surface area (Å²) in [6, 6.07) is 7.82. The van der Waals surface area contributed by atoms with Crippen molar-refractivity contribution in [1.82, 2.24) is 14.5 Å². The molecule has 134 valence electrons. The van der Waals surface area contributed by atoms with E-state index in [1.165, 1.54) is 11.3 Å². The molecule has 6 heteroatoms. The van der Waals surface area contributed by atoms with E-state index in [2.05, 4.69) is 6.58 Å². The number of aromatic nitrogens is 2. The van der Waals surface area contributed by atoms with Gasteiger partial charge in [-0.15, -0.1) is 11.3 Å². The molecule has 0 fully saturated rings. The predicted molar refractivity (Wildman–Crippen MR) is 111 cm³/mol. The molecule has 0 radical (unpaired) electrons. The summed E-state index contributed by atoms with van der Waals surface area (Å²) in [5.41, 5.74) is 10.4. The summed E-state index contributed by atoms with van der Waals surface area (Å²) in [6.45, 7) is 7.63. The number of allylic oxidation sites excluding steroid dienone is 2. The molecule has 2 heterocycles. The van der Waals surface area contributed by atoms with Gasteiger partial charge in [0.2, 0.25) is 0 Å². The third-order valence-electron chi connectivity index (χ3n) is 4.21. The minimum Gasteiger partial charge on any atom is -0.390 e.